The number of methoxy groups -OCH3 is 2. The first kappa shape index (κ1) is 63.5. The number of carbonyl (C=O) groups excluding carboxylic acids is 9. The monoisotopic (exact) mass is 1200 g/mol. The molecule has 8 amide bonds. The number of rotatable bonds is 18. The average Bonchev–Trinajstić information content (AvgIpc) is 1.49. The number of aliphatic hydroxyl groups is 1. The normalized spacial score (nSPS) is 28.5. The molecule has 4 N–H and O–H groups in total. The maximum absolute atomic E-state index is 14.3. The number of anilines is 1. The number of imide groups is 1. The minimum Gasteiger partial charge on any atom is -0.495 e. The number of fused-ring (bicyclic) bond motifs is 7. The molecule has 1 aliphatic carbocycles. The van der Waals surface area contributed by atoms with Gasteiger partial charge in [0.1, 0.15) is 40.7 Å². The maximum Gasteiger partial charge on any atom is 0.409 e. The van der Waals surface area contributed by atoms with Crippen molar-refractivity contribution in [2.45, 2.75) is 151 Å². The Morgan fingerprint density at radius 3 is 2.44 bits per heavy atom. The molecule has 0 radical (unpaired) electrons. The van der Waals surface area contributed by atoms with E-state index in [-0.39, 0.29) is 91.4 Å². The first-order valence-corrected chi connectivity index (χ1v) is 30.1. The molecule has 22 nitrogen and oxygen atoms in total. The lowest BCUT2D eigenvalue weighted by Gasteiger charge is -2.54. The topological polar surface area (TPSA) is 269 Å². The Balaban J connectivity index is 0.793. The summed E-state index contributed by atoms with van der Waals surface area (Å²) in [5.74, 6) is -2.23. The van der Waals surface area contributed by atoms with Crippen molar-refractivity contribution in [3.8, 4) is 5.75 Å². The quantitative estimate of drug-likeness (QED) is 0.116. The minimum atomic E-state index is -1.91. The highest BCUT2D eigenvalue weighted by molar-refractivity contribution is 8.00. The van der Waals surface area contributed by atoms with Gasteiger partial charge in [-0.2, -0.15) is 0 Å². The van der Waals surface area contributed by atoms with Gasteiger partial charge in [-0.25, -0.2) is 9.59 Å². The number of nitrogens with zero attached hydrogens (tertiary/aromatic N) is 4. The third kappa shape index (κ3) is 14.7. The molecule has 7 aliphatic rings. The zero-order valence-corrected chi connectivity index (χ0v) is 50.6. The van der Waals surface area contributed by atoms with Crippen LogP contribution < -0.4 is 25.6 Å². The summed E-state index contributed by atoms with van der Waals surface area (Å²) in [4.78, 5) is 125. The average molecular weight is 1200 g/mol. The van der Waals surface area contributed by atoms with Crippen LogP contribution in [0.2, 0.25) is 5.02 Å². The van der Waals surface area contributed by atoms with Crippen molar-refractivity contribution >= 4 is 82.5 Å². The Hall–Kier alpha value is -6.53. The van der Waals surface area contributed by atoms with Gasteiger partial charge in [-0.15, -0.1) is 11.8 Å². The Morgan fingerprint density at radius 1 is 0.988 bits per heavy atom. The molecular weight excluding hydrogens is 1130 g/mol. The fourth-order valence-electron chi connectivity index (χ4n) is 11.8. The summed E-state index contributed by atoms with van der Waals surface area (Å²) in [7, 11) is 7.61. The Labute approximate surface area is 499 Å². The molecular formula is C60H78ClN7O15S. The number of ether oxygens (including phenoxy) is 5. The van der Waals surface area contributed by atoms with E-state index in [9.17, 15) is 48.3 Å². The van der Waals surface area contributed by atoms with E-state index >= 15 is 0 Å². The lowest BCUT2D eigenvalue weighted by molar-refractivity contribution is -0.283. The lowest BCUT2D eigenvalue weighted by Crippen LogP contribution is -2.69. The first-order chi connectivity index (χ1) is 39.9. The number of likely N-dealkylation sites (N-methyl/N-ethyl adjacent to an activating group) is 1. The highest BCUT2D eigenvalue weighted by Gasteiger charge is 2.58. The molecule has 6 unspecified atom stereocenters. The van der Waals surface area contributed by atoms with E-state index in [0.717, 1.165) is 51.8 Å². The summed E-state index contributed by atoms with van der Waals surface area (Å²) in [5.41, 5.74) is 1.59. The van der Waals surface area contributed by atoms with Crippen molar-refractivity contribution in [3.63, 3.8) is 0 Å². The second kappa shape index (κ2) is 27.2. The van der Waals surface area contributed by atoms with Crippen LogP contribution in [0.3, 0.4) is 0 Å². The van der Waals surface area contributed by atoms with Crippen molar-refractivity contribution in [3.05, 3.63) is 81.4 Å². The van der Waals surface area contributed by atoms with Crippen molar-refractivity contribution in [1.29, 1.82) is 0 Å². The molecule has 0 spiro atoms. The zero-order chi connectivity index (χ0) is 60.8. The van der Waals surface area contributed by atoms with Crippen LogP contribution in [0.25, 0.3) is 0 Å². The van der Waals surface area contributed by atoms with Gasteiger partial charge < -0.3 is 54.1 Å². The Morgan fingerprint density at radius 2 is 1.73 bits per heavy atom. The van der Waals surface area contributed by atoms with Gasteiger partial charge in [0.2, 0.25) is 35.4 Å². The smallest absolute Gasteiger partial charge is 0.409 e. The predicted octanol–water partition coefficient (Wildman–Crippen LogP) is 4.78. The number of thioether (sulfide) groups is 1. The molecule has 84 heavy (non-hydrogen) atoms. The van der Waals surface area contributed by atoms with Crippen molar-refractivity contribution in [2.24, 2.45) is 11.8 Å². The molecule has 6 heterocycles. The first-order valence-electron chi connectivity index (χ1n) is 28.6. The van der Waals surface area contributed by atoms with E-state index in [0.29, 0.717) is 62.2 Å². The number of hydrogen-bond donors (Lipinski definition) is 4. The number of benzene rings is 2. The molecule has 9 rings (SSSR count). The zero-order valence-electron chi connectivity index (χ0n) is 49.0. The molecule has 8 atom stereocenters. The maximum atomic E-state index is 14.3. The number of hydrogen-bond acceptors (Lipinski definition) is 16. The van der Waals surface area contributed by atoms with Gasteiger partial charge in [0.15, 0.2) is 5.72 Å². The SMILES string of the molecule is COc1cc2cc(c1Cl)N(C)C(=O)C[C@H](OC(=O)[C@H](C)N(C)C(=O)CCSC1CC(=O)N(CCNC(=O)C3CCC(CNC(=O)CCc4ccc5c(c4)CN(C)C5=O)CC3)C1=O)C1CC(C)(O1)C1CC(O)(NC(=O)O1)C(OC)/C=C/C=C(\C)C2. The van der Waals surface area contributed by atoms with Crippen molar-refractivity contribution < 1.29 is 71.9 Å². The molecule has 6 aliphatic heterocycles. The van der Waals surface area contributed by atoms with Crippen LogP contribution in [0.5, 0.6) is 5.75 Å². The van der Waals surface area contributed by atoms with Crippen LogP contribution in [-0.2, 0) is 71.9 Å². The molecule has 2 aromatic rings. The van der Waals surface area contributed by atoms with Gasteiger partial charge in [-0.3, -0.25) is 43.8 Å². The number of alkyl carbamates (subject to hydrolysis) is 1. The van der Waals surface area contributed by atoms with E-state index in [2.05, 4.69) is 16.0 Å². The highest BCUT2D eigenvalue weighted by atomic mass is 35.5. The number of carbonyl (C=O) groups is 9. The van der Waals surface area contributed by atoms with Crippen molar-refractivity contribution in [2.75, 3.05) is 65.6 Å². The van der Waals surface area contributed by atoms with E-state index in [1.165, 1.54) is 45.0 Å². The highest BCUT2D eigenvalue weighted by Crippen LogP contribution is 2.45. The van der Waals surface area contributed by atoms with E-state index in [1.807, 2.05) is 31.2 Å². The number of amides is 8. The van der Waals surface area contributed by atoms with E-state index < -0.39 is 76.8 Å². The van der Waals surface area contributed by atoms with Crippen LogP contribution >= 0.6 is 23.4 Å². The van der Waals surface area contributed by atoms with Crippen LogP contribution in [0.15, 0.2) is 54.1 Å². The number of nitrogens with one attached hydrogen (secondary N) is 3. The van der Waals surface area contributed by atoms with Crippen LogP contribution in [-0.4, -0.2) is 181 Å². The van der Waals surface area contributed by atoms with E-state index in [4.69, 9.17) is 35.3 Å². The summed E-state index contributed by atoms with van der Waals surface area (Å²) < 4.78 is 29.4. The van der Waals surface area contributed by atoms with E-state index in [1.54, 1.807) is 43.2 Å². The third-order valence-corrected chi connectivity index (χ3v) is 18.7. The number of allylic oxidation sites excluding steroid dienone is 3. The van der Waals surface area contributed by atoms with Gasteiger partial charge in [-0.1, -0.05) is 47.5 Å². The molecule has 456 valence electrons. The Kier molecular flexibility index (Phi) is 20.6. The fourth-order valence-corrected chi connectivity index (χ4v) is 13.2. The van der Waals surface area contributed by atoms with Gasteiger partial charge in [-0.05, 0) is 100 Å². The molecule has 1 saturated carbocycles. The number of likely N-dealkylation sites (tertiary alicyclic amines) is 1. The Bertz CT molecular complexity index is 2940. The van der Waals surface area contributed by atoms with Gasteiger partial charge in [0.05, 0.1) is 30.6 Å². The number of esters is 1. The standard InChI is InChI=1S/C60H78ClN7O15S/c1-34-10-9-11-47(80-8)60(78)31-48(82-58(77)64-60)59(3)30-45(83-59)43(28-51(71)67(6)42-26-38(24-34)27-44(79-7)53(42)61)81-57(76)35(2)66(5)50(70)20-23-84-46-29-52(72)68(56(46)75)22-21-62-54(73)39-16-12-37(13-17-39)32-63-49(69)19-15-36-14-18-41-40(25-36)33-65(4)55(41)74/h9-11,14,18,25-27,35,37,39,43,45-48,78H,12-13,15-17,19-24,28-33H2,1-8H3,(H,62,73)(H,63,69)(H,64,77)/b11-9+,34-10+/t35-,37?,39?,43-,45?,46?,47?,48?,59?,60?/m0/s1. The summed E-state index contributed by atoms with van der Waals surface area (Å²) in [6.07, 6.45) is 3.78. The number of halogens is 1. The summed E-state index contributed by atoms with van der Waals surface area (Å²) >= 11 is 7.96. The largest absolute Gasteiger partial charge is 0.495 e. The van der Waals surface area contributed by atoms with Crippen LogP contribution in [0.1, 0.15) is 112 Å². The third-order valence-electron chi connectivity index (χ3n) is 17.1. The second-order valence-electron chi connectivity index (χ2n) is 23.2. The van der Waals surface area contributed by atoms with Crippen LogP contribution in [0.4, 0.5) is 10.5 Å². The van der Waals surface area contributed by atoms with Crippen LogP contribution in [0, 0.1) is 11.8 Å². The fraction of sp³-hybridized carbons (Fsp3) is 0.583. The molecule has 6 bridgehead atoms. The number of aryl methyl sites for hydroxylation is 1. The molecule has 2 aromatic carbocycles. The van der Waals surface area contributed by atoms with Gasteiger partial charge in [0.25, 0.3) is 5.91 Å². The molecule has 3 saturated heterocycles. The minimum absolute atomic E-state index is 0.00644. The summed E-state index contributed by atoms with van der Waals surface area (Å²) in [5, 5.41) is 19.7. The van der Waals surface area contributed by atoms with Gasteiger partial charge >= 0.3 is 12.1 Å². The van der Waals surface area contributed by atoms with Gasteiger partial charge in [0, 0.05) is 104 Å². The lowest BCUT2D eigenvalue weighted by atomic mass is 9.78. The molecule has 0 aromatic heterocycles. The molecule has 24 heteroatoms. The predicted molar refractivity (Wildman–Crippen MR) is 311 cm³/mol. The second-order valence-corrected chi connectivity index (χ2v) is 24.8. The summed E-state index contributed by atoms with van der Waals surface area (Å²) in [6, 6.07) is 8.11. The van der Waals surface area contributed by atoms with Crippen molar-refractivity contribution in [1.82, 2.24) is 30.7 Å². The molecule has 4 fully saturated rings. The summed E-state index contributed by atoms with van der Waals surface area (Å²) in [6.45, 7) is 6.27.